The molecule has 0 spiro atoms. The van der Waals surface area contributed by atoms with E-state index in [0.29, 0.717) is 15.8 Å². The molecule has 0 radical (unpaired) electrons. The zero-order valence-corrected chi connectivity index (χ0v) is 20.1. The predicted molar refractivity (Wildman–Crippen MR) is 138 cm³/mol. The number of carbonyl (C=O) groups is 1. The maximum absolute atomic E-state index is 13.1. The number of unbranched alkanes of at least 4 members (excludes halogenated alkanes) is 5. The molecule has 1 atom stereocenters. The van der Waals surface area contributed by atoms with E-state index in [1.165, 1.54) is 37.4 Å². The number of hydrogen-bond donors (Lipinski definition) is 0. The van der Waals surface area contributed by atoms with Crippen LogP contribution in [0, 0.1) is 0 Å². The number of thiocarbonyl (C=S) groups is 1. The maximum atomic E-state index is 13.1. The SMILES string of the molecule is CCCCCCCCN1C(=O)C(=CC2=Cc3ccccc3OC2c2ccccc2)SC1=S. The molecule has 4 rings (SSSR count). The van der Waals surface area contributed by atoms with Gasteiger partial charge in [-0.15, -0.1) is 0 Å². The zero-order chi connectivity index (χ0) is 22.3. The first-order valence-electron chi connectivity index (χ1n) is 11.4. The number of ether oxygens (including phenoxy) is 1. The molecule has 32 heavy (non-hydrogen) atoms. The van der Waals surface area contributed by atoms with E-state index in [1.54, 1.807) is 4.90 Å². The highest BCUT2D eigenvalue weighted by molar-refractivity contribution is 8.26. The third kappa shape index (κ3) is 5.33. The third-order valence-corrected chi connectivity index (χ3v) is 7.18. The summed E-state index contributed by atoms with van der Waals surface area (Å²) in [5.74, 6) is 0.870. The van der Waals surface area contributed by atoms with Crippen molar-refractivity contribution < 1.29 is 9.53 Å². The van der Waals surface area contributed by atoms with E-state index in [1.807, 2.05) is 48.5 Å². The number of nitrogens with zero attached hydrogens (tertiary/aromatic N) is 1. The van der Waals surface area contributed by atoms with Gasteiger partial charge in [0.05, 0.1) is 4.91 Å². The van der Waals surface area contributed by atoms with Gasteiger partial charge in [0.25, 0.3) is 5.91 Å². The summed E-state index contributed by atoms with van der Waals surface area (Å²) in [6.07, 6.45) is 11.0. The van der Waals surface area contributed by atoms with Gasteiger partial charge in [-0.2, -0.15) is 0 Å². The molecule has 0 N–H and O–H groups in total. The molecule has 2 aromatic rings. The fraction of sp³-hybridized carbons (Fsp3) is 0.333. The minimum absolute atomic E-state index is 0.0140. The van der Waals surface area contributed by atoms with Crippen molar-refractivity contribution in [3.05, 3.63) is 82.3 Å². The highest BCUT2D eigenvalue weighted by Crippen LogP contribution is 2.40. The molecule has 1 saturated heterocycles. The van der Waals surface area contributed by atoms with Crippen molar-refractivity contribution in [1.29, 1.82) is 0 Å². The van der Waals surface area contributed by atoms with Crippen LogP contribution in [0.1, 0.15) is 62.7 Å². The van der Waals surface area contributed by atoms with E-state index in [9.17, 15) is 4.79 Å². The topological polar surface area (TPSA) is 29.5 Å². The lowest BCUT2D eigenvalue weighted by Crippen LogP contribution is -2.29. The number of thioether (sulfide) groups is 1. The van der Waals surface area contributed by atoms with Crippen LogP contribution in [0.25, 0.3) is 6.08 Å². The van der Waals surface area contributed by atoms with Crippen LogP contribution >= 0.6 is 24.0 Å². The summed E-state index contributed by atoms with van der Waals surface area (Å²) in [7, 11) is 0. The van der Waals surface area contributed by atoms with Gasteiger partial charge in [-0.05, 0) is 35.8 Å². The highest BCUT2D eigenvalue weighted by atomic mass is 32.2. The summed E-state index contributed by atoms with van der Waals surface area (Å²) >= 11 is 6.94. The van der Waals surface area contributed by atoms with Gasteiger partial charge < -0.3 is 4.74 Å². The molecule has 1 fully saturated rings. The van der Waals surface area contributed by atoms with Crippen molar-refractivity contribution in [3.63, 3.8) is 0 Å². The van der Waals surface area contributed by atoms with Gasteiger partial charge in [0.15, 0.2) is 0 Å². The fourth-order valence-electron chi connectivity index (χ4n) is 4.06. The van der Waals surface area contributed by atoms with Crippen LogP contribution in [0.4, 0.5) is 0 Å². The average molecular weight is 464 g/mol. The summed E-state index contributed by atoms with van der Waals surface area (Å²) in [5, 5.41) is 0. The van der Waals surface area contributed by atoms with E-state index >= 15 is 0 Å². The molecule has 0 bridgehead atoms. The third-order valence-electron chi connectivity index (χ3n) is 5.80. The van der Waals surface area contributed by atoms with Gasteiger partial charge in [0, 0.05) is 12.1 Å². The van der Waals surface area contributed by atoms with Crippen molar-refractivity contribution >= 4 is 40.3 Å². The smallest absolute Gasteiger partial charge is 0.266 e. The standard InChI is InChI=1S/C27H29NO2S2/c1-2-3-4-5-6-12-17-28-26(29)24(32-27(28)31)19-22-18-21-15-10-11-16-23(21)30-25(22)20-13-8-7-9-14-20/h7-11,13-16,18-19,25H,2-6,12,17H2,1H3. The Morgan fingerprint density at radius 2 is 1.72 bits per heavy atom. The van der Waals surface area contributed by atoms with Gasteiger partial charge in [-0.25, -0.2) is 0 Å². The van der Waals surface area contributed by atoms with E-state index in [2.05, 4.69) is 25.1 Å². The molecular weight excluding hydrogens is 434 g/mol. The Labute approximate surface area is 200 Å². The van der Waals surface area contributed by atoms with Gasteiger partial charge in [-0.1, -0.05) is 112 Å². The second kappa shape index (κ2) is 11.0. The predicted octanol–water partition coefficient (Wildman–Crippen LogP) is 7.31. The first-order valence-corrected chi connectivity index (χ1v) is 12.7. The second-order valence-electron chi connectivity index (χ2n) is 8.19. The van der Waals surface area contributed by atoms with Crippen LogP contribution in [-0.2, 0) is 4.79 Å². The van der Waals surface area contributed by atoms with E-state index in [0.717, 1.165) is 35.3 Å². The Kier molecular flexibility index (Phi) is 7.82. The van der Waals surface area contributed by atoms with Gasteiger partial charge in [0.2, 0.25) is 0 Å². The van der Waals surface area contributed by atoms with Crippen LogP contribution in [0.5, 0.6) is 5.75 Å². The zero-order valence-electron chi connectivity index (χ0n) is 18.5. The molecule has 1 unspecified atom stereocenters. The number of para-hydroxylation sites is 1. The molecule has 2 aliphatic heterocycles. The molecule has 5 heteroatoms. The maximum Gasteiger partial charge on any atom is 0.266 e. The molecule has 2 aromatic carbocycles. The van der Waals surface area contributed by atoms with Crippen molar-refractivity contribution in [2.45, 2.75) is 51.6 Å². The Morgan fingerprint density at radius 1 is 1.00 bits per heavy atom. The largest absolute Gasteiger partial charge is 0.480 e. The van der Waals surface area contributed by atoms with Crippen molar-refractivity contribution in [3.8, 4) is 5.75 Å². The second-order valence-corrected chi connectivity index (χ2v) is 9.87. The number of carbonyl (C=O) groups excluding carboxylic acids is 1. The molecule has 3 nitrogen and oxygen atoms in total. The average Bonchev–Trinajstić information content (AvgIpc) is 3.08. The first-order chi connectivity index (χ1) is 15.7. The lowest BCUT2D eigenvalue weighted by molar-refractivity contribution is -0.122. The molecule has 0 aromatic heterocycles. The molecule has 166 valence electrons. The molecule has 0 saturated carbocycles. The van der Waals surface area contributed by atoms with Crippen LogP contribution in [-0.4, -0.2) is 21.7 Å². The van der Waals surface area contributed by atoms with Gasteiger partial charge >= 0.3 is 0 Å². The summed E-state index contributed by atoms with van der Waals surface area (Å²) in [6.45, 7) is 2.93. The molecular formula is C27H29NO2S2. The quantitative estimate of drug-likeness (QED) is 0.221. The fourth-order valence-corrected chi connectivity index (χ4v) is 5.37. The lowest BCUT2D eigenvalue weighted by atomic mass is 9.95. The van der Waals surface area contributed by atoms with Crippen LogP contribution in [0.2, 0.25) is 0 Å². The monoisotopic (exact) mass is 463 g/mol. The van der Waals surface area contributed by atoms with Crippen LogP contribution in [0.3, 0.4) is 0 Å². The van der Waals surface area contributed by atoms with Crippen molar-refractivity contribution in [2.24, 2.45) is 0 Å². The van der Waals surface area contributed by atoms with Crippen LogP contribution < -0.4 is 4.74 Å². The number of amides is 1. The Morgan fingerprint density at radius 3 is 2.53 bits per heavy atom. The number of hydrogen-bond acceptors (Lipinski definition) is 4. The number of benzene rings is 2. The van der Waals surface area contributed by atoms with Crippen molar-refractivity contribution in [2.75, 3.05) is 6.54 Å². The normalized spacial score (nSPS) is 19.2. The van der Waals surface area contributed by atoms with Crippen LogP contribution in [0.15, 0.2) is 71.2 Å². The van der Waals surface area contributed by atoms with E-state index in [4.69, 9.17) is 17.0 Å². The summed E-state index contributed by atoms with van der Waals surface area (Å²) in [4.78, 5) is 15.6. The molecule has 0 aliphatic carbocycles. The molecule has 2 aliphatic rings. The minimum Gasteiger partial charge on any atom is -0.480 e. The number of rotatable bonds is 9. The van der Waals surface area contributed by atoms with E-state index in [-0.39, 0.29) is 12.0 Å². The molecule has 1 amide bonds. The van der Waals surface area contributed by atoms with E-state index < -0.39 is 0 Å². The highest BCUT2D eigenvalue weighted by Gasteiger charge is 2.33. The number of fused-ring (bicyclic) bond motifs is 1. The van der Waals surface area contributed by atoms with Crippen molar-refractivity contribution in [1.82, 2.24) is 4.90 Å². The Hall–Kier alpha value is -2.37. The first kappa shape index (κ1) is 22.8. The lowest BCUT2D eigenvalue weighted by Gasteiger charge is -2.26. The Balaban J connectivity index is 1.52. The molecule has 2 heterocycles. The summed E-state index contributed by atoms with van der Waals surface area (Å²) in [5.41, 5.74) is 3.05. The van der Waals surface area contributed by atoms with Gasteiger partial charge in [-0.3, -0.25) is 9.69 Å². The Bertz CT molecular complexity index is 1030. The minimum atomic E-state index is -0.256. The summed E-state index contributed by atoms with van der Waals surface area (Å²) in [6, 6.07) is 18.1. The van der Waals surface area contributed by atoms with Gasteiger partial charge in [0.1, 0.15) is 16.2 Å². The summed E-state index contributed by atoms with van der Waals surface area (Å²) < 4.78 is 7.02.